The second-order valence-electron chi connectivity index (χ2n) is 11.5. The molecule has 2 saturated heterocycles. The highest BCUT2D eigenvalue weighted by molar-refractivity contribution is 5.78. The van der Waals surface area contributed by atoms with Crippen LogP contribution in [-0.4, -0.2) is 73.5 Å². The zero-order chi connectivity index (χ0) is 26.2. The van der Waals surface area contributed by atoms with Gasteiger partial charge in [0.05, 0.1) is 17.7 Å². The molecule has 1 aromatic heterocycles. The predicted octanol–water partition coefficient (Wildman–Crippen LogP) is 3.02. The number of hydrogen-bond donors (Lipinski definition) is 2. The first-order valence-electron chi connectivity index (χ1n) is 13.2. The number of phenolic OH excluding ortho intramolecular Hbond substituents is 1. The standard InChI is InChI=1S/C27H33F3N4O3/c1-32-23(27(28,29)30)13-19(31-32)14-24(36)33-9-6-25-7-10-34(16-17-2-3-17)22(26(25,37)8-11-33)12-18-4-5-20(35)15-21(18)25/h4-5,13,15,17,22,35,37H,2-3,6-12,14,16H2,1H3. The number of benzene rings is 1. The number of phenols is 1. The van der Waals surface area contributed by atoms with Gasteiger partial charge in [-0.3, -0.25) is 14.4 Å². The number of alkyl halides is 3. The number of aryl methyl sites for hydroxylation is 1. The average molecular weight is 519 g/mol. The number of aliphatic hydroxyl groups is 1. The SMILES string of the molecule is Cn1nc(CC(=O)N2CCC34CCN(CC5CC5)C(Cc5ccc(O)cc53)C4(O)CC2)cc1C(F)(F)F. The summed E-state index contributed by atoms with van der Waals surface area (Å²) in [5.41, 5.74) is -0.334. The zero-order valence-corrected chi connectivity index (χ0v) is 21.0. The van der Waals surface area contributed by atoms with Crippen LogP contribution in [0, 0.1) is 5.92 Å². The number of fused-ring (bicyclic) bond motifs is 1. The minimum atomic E-state index is -4.54. The van der Waals surface area contributed by atoms with E-state index in [1.165, 1.54) is 19.9 Å². The molecule has 3 unspecified atom stereocenters. The van der Waals surface area contributed by atoms with Crippen molar-refractivity contribution in [2.75, 3.05) is 26.2 Å². The molecule has 7 nitrogen and oxygen atoms in total. The fraction of sp³-hybridized carbons (Fsp3) is 0.630. The molecule has 2 aliphatic heterocycles. The Hall–Kier alpha value is -2.59. The normalized spacial score (nSPS) is 30.0. The molecular weight excluding hydrogens is 485 g/mol. The number of halogens is 3. The Bertz CT molecular complexity index is 1230. The van der Waals surface area contributed by atoms with Crippen LogP contribution in [0.2, 0.25) is 0 Å². The number of rotatable bonds is 4. The topological polar surface area (TPSA) is 81.8 Å². The number of amides is 1. The van der Waals surface area contributed by atoms with E-state index in [1.807, 2.05) is 6.07 Å². The van der Waals surface area contributed by atoms with Crippen molar-refractivity contribution in [2.24, 2.45) is 13.0 Å². The number of aromatic hydroxyl groups is 1. The van der Waals surface area contributed by atoms with Crippen LogP contribution < -0.4 is 0 Å². The number of carbonyl (C=O) groups is 1. The van der Waals surface area contributed by atoms with E-state index in [2.05, 4.69) is 10.00 Å². The molecule has 10 heteroatoms. The van der Waals surface area contributed by atoms with E-state index in [0.29, 0.717) is 38.3 Å². The number of hydrogen-bond acceptors (Lipinski definition) is 5. The molecule has 0 spiro atoms. The molecule has 2 aromatic rings. The molecule has 200 valence electrons. The van der Waals surface area contributed by atoms with E-state index >= 15 is 0 Å². The van der Waals surface area contributed by atoms with Gasteiger partial charge in [-0.1, -0.05) is 6.07 Å². The molecule has 4 aliphatic rings. The van der Waals surface area contributed by atoms with E-state index in [1.54, 1.807) is 17.0 Å². The van der Waals surface area contributed by atoms with E-state index < -0.39 is 22.9 Å². The fourth-order valence-electron chi connectivity index (χ4n) is 7.26. The largest absolute Gasteiger partial charge is 0.508 e. The Labute approximate surface area is 213 Å². The van der Waals surface area contributed by atoms with Crippen molar-refractivity contribution >= 4 is 5.91 Å². The van der Waals surface area contributed by atoms with Crippen molar-refractivity contribution in [1.82, 2.24) is 19.6 Å². The summed E-state index contributed by atoms with van der Waals surface area (Å²) in [6.07, 6.45) is 0.0525. The molecular formula is C27H33F3N4O3. The molecule has 2 N–H and O–H groups in total. The van der Waals surface area contributed by atoms with Gasteiger partial charge >= 0.3 is 6.18 Å². The summed E-state index contributed by atoms with van der Waals surface area (Å²) in [6.45, 7) is 2.56. The Morgan fingerprint density at radius 3 is 2.57 bits per heavy atom. The highest BCUT2D eigenvalue weighted by Crippen LogP contribution is 2.56. The van der Waals surface area contributed by atoms with Crippen LogP contribution in [0.15, 0.2) is 24.3 Å². The maximum absolute atomic E-state index is 13.3. The third-order valence-corrected chi connectivity index (χ3v) is 9.34. The zero-order valence-electron chi connectivity index (χ0n) is 21.0. The summed E-state index contributed by atoms with van der Waals surface area (Å²) in [7, 11) is 1.22. The Balaban J connectivity index is 1.29. The summed E-state index contributed by atoms with van der Waals surface area (Å²) in [6, 6.07) is 6.32. The van der Waals surface area contributed by atoms with Gasteiger partial charge in [-0.15, -0.1) is 0 Å². The van der Waals surface area contributed by atoms with Crippen molar-refractivity contribution in [3.63, 3.8) is 0 Å². The van der Waals surface area contributed by atoms with E-state index in [0.717, 1.165) is 41.4 Å². The van der Waals surface area contributed by atoms with E-state index in [9.17, 15) is 28.2 Å². The van der Waals surface area contributed by atoms with E-state index in [-0.39, 0.29) is 29.8 Å². The number of aromatic nitrogens is 2. The van der Waals surface area contributed by atoms with Gasteiger partial charge in [0.15, 0.2) is 0 Å². The number of piperidine rings is 1. The Kier molecular flexibility index (Phi) is 5.65. The second-order valence-corrected chi connectivity index (χ2v) is 11.5. The quantitative estimate of drug-likeness (QED) is 0.651. The maximum Gasteiger partial charge on any atom is 0.433 e. The Morgan fingerprint density at radius 1 is 1.14 bits per heavy atom. The number of carbonyl (C=O) groups excluding carboxylic acids is 1. The smallest absolute Gasteiger partial charge is 0.433 e. The molecule has 3 atom stereocenters. The molecule has 1 aromatic carbocycles. The minimum Gasteiger partial charge on any atom is -0.508 e. The molecule has 3 heterocycles. The lowest BCUT2D eigenvalue weighted by Gasteiger charge is -2.61. The maximum atomic E-state index is 13.3. The highest BCUT2D eigenvalue weighted by Gasteiger charge is 2.63. The van der Waals surface area contributed by atoms with Crippen LogP contribution in [0.1, 0.15) is 54.6 Å². The first-order valence-corrected chi connectivity index (χ1v) is 13.2. The van der Waals surface area contributed by atoms with Crippen LogP contribution in [0.4, 0.5) is 13.2 Å². The summed E-state index contributed by atoms with van der Waals surface area (Å²) in [5.74, 6) is 0.564. The van der Waals surface area contributed by atoms with Gasteiger partial charge < -0.3 is 15.1 Å². The van der Waals surface area contributed by atoms with Crippen molar-refractivity contribution in [3.8, 4) is 5.75 Å². The van der Waals surface area contributed by atoms with Crippen LogP contribution in [0.5, 0.6) is 5.75 Å². The predicted molar refractivity (Wildman–Crippen MR) is 129 cm³/mol. The second kappa shape index (κ2) is 8.46. The van der Waals surface area contributed by atoms with Gasteiger partial charge in [0.1, 0.15) is 11.4 Å². The molecule has 6 rings (SSSR count). The minimum absolute atomic E-state index is 0.0703. The van der Waals surface area contributed by atoms with Gasteiger partial charge in [-0.2, -0.15) is 18.3 Å². The lowest BCUT2D eigenvalue weighted by Crippen LogP contribution is -2.71. The van der Waals surface area contributed by atoms with Gasteiger partial charge in [0.2, 0.25) is 5.91 Å². The third kappa shape index (κ3) is 4.03. The number of nitrogens with zero attached hydrogens (tertiary/aromatic N) is 4. The van der Waals surface area contributed by atoms with Crippen molar-refractivity contribution in [3.05, 3.63) is 46.8 Å². The van der Waals surface area contributed by atoms with Gasteiger partial charge in [0.25, 0.3) is 0 Å². The molecule has 2 bridgehead atoms. The number of likely N-dealkylation sites (tertiary alicyclic amines) is 2. The lowest BCUT2D eigenvalue weighted by molar-refractivity contribution is -0.149. The summed E-state index contributed by atoms with van der Waals surface area (Å²) in [5, 5.41) is 26.8. The highest BCUT2D eigenvalue weighted by atomic mass is 19.4. The summed E-state index contributed by atoms with van der Waals surface area (Å²) >= 11 is 0. The van der Waals surface area contributed by atoms with E-state index in [4.69, 9.17) is 0 Å². The Morgan fingerprint density at radius 2 is 1.86 bits per heavy atom. The molecule has 3 fully saturated rings. The van der Waals surface area contributed by atoms with Gasteiger partial charge in [-0.05, 0) is 80.3 Å². The summed E-state index contributed by atoms with van der Waals surface area (Å²) in [4.78, 5) is 17.4. The lowest BCUT2D eigenvalue weighted by atomic mass is 9.52. The van der Waals surface area contributed by atoms with Crippen LogP contribution in [-0.2, 0) is 36.3 Å². The molecule has 0 radical (unpaired) electrons. The molecule has 37 heavy (non-hydrogen) atoms. The summed E-state index contributed by atoms with van der Waals surface area (Å²) < 4.78 is 40.4. The monoisotopic (exact) mass is 518 g/mol. The first kappa shape index (κ1) is 24.7. The van der Waals surface area contributed by atoms with Gasteiger partial charge in [-0.25, -0.2) is 0 Å². The van der Waals surface area contributed by atoms with Crippen LogP contribution in [0.25, 0.3) is 0 Å². The van der Waals surface area contributed by atoms with Crippen LogP contribution >= 0.6 is 0 Å². The fourth-order valence-corrected chi connectivity index (χ4v) is 7.26. The first-order chi connectivity index (χ1) is 17.5. The van der Waals surface area contributed by atoms with Crippen molar-refractivity contribution in [1.29, 1.82) is 0 Å². The molecule has 1 saturated carbocycles. The van der Waals surface area contributed by atoms with Gasteiger partial charge in [0, 0.05) is 38.1 Å². The van der Waals surface area contributed by atoms with Crippen molar-refractivity contribution in [2.45, 2.75) is 68.2 Å². The third-order valence-electron chi connectivity index (χ3n) is 9.34. The van der Waals surface area contributed by atoms with Crippen molar-refractivity contribution < 1.29 is 28.2 Å². The molecule has 1 amide bonds. The van der Waals surface area contributed by atoms with Crippen LogP contribution in [0.3, 0.4) is 0 Å². The molecule has 2 aliphatic carbocycles. The average Bonchev–Trinajstić information content (AvgIpc) is 3.58.